The third kappa shape index (κ3) is 4.72. The zero-order valence-corrected chi connectivity index (χ0v) is 15.6. The minimum absolute atomic E-state index is 0. The first-order valence-electron chi connectivity index (χ1n) is 6.98. The normalized spacial score (nSPS) is 16.9. The second-order valence-electron chi connectivity index (χ2n) is 5.11. The summed E-state index contributed by atoms with van der Waals surface area (Å²) in [6.45, 7) is 10.0. The van der Waals surface area contributed by atoms with Crippen LogP contribution in [0.15, 0.2) is 18.2 Å². The van der Waals surface area contributed by atoms with Crippen LogP contribution in [0.25, 0.3) is 0 Å². The molecule has 2 amide bonds. The van der Waals surface area contributed by atoms with Crippen molar-refractivity contribution in [3.8, 4) is 0 Å². The number of hydrogen-bond donors (Lipinski definition) is 1. The number of rotatable bonds is 5. The summed E-state index contributed by atoms with van der Waals surface area (Å²) >= 11 is 0. The summed E-state index contributed by atoms with van der Waals surface area (Å²) in [6, 6.07) is 5.71. The molecule has 0 spiro atoms. The summed E-state index contributed by atoms with van der Waals surface area (Å²) < 4.78 is 5.25. The fourth-order valence-electron chi connectivity index (χ4n) is 2.30. The molecular weight excluding hydrogens is 357 g/mol. The van der Waals surface area contributed by atoms with E-state index in [9.17, 15) is 9.59 Å². The Labute approximate surface area is 156 Å². The number of cyclic esters (lactones) is 1. The van der Waals surface area contributed by atoms with Crippen molar-refractivity contribution < 1.29 is 47.0 Å². The fraction of sp³-hybridized carbons (Fsp3) is 0.375. The van der Waals surface area contributed by atoms with Crippen LogP contribution in [0, 0.1) is 13.8 Å². The van der Waals surface area contributed by atoms with Crippen molar-refractivity contribution in [2.45, 2.75) is 25.9 Å². The zero-order chi connectivity index (χ0) is 15.4. The molecule has 1 N–H and O–H groups in total. The van der Waals surface area contributed by atoms with E-state index in [1.54, 1.807) is 4.90 Å². The molecule has 2 rings (SSSR count). The van der Waals surface area contributed by atoms with Crippen LogP contribution in [-0.4, -0.2) is 31.2 Å². The second kappa shape index (κ2) is 8.54. The summed E-state index contributed by atoms with van der Waals surface area (Å²) in [7, 11) is 0. The molecule has 1 fully saturated rings. The second-order valence-corrected chi connectivity index (χ2v) is 5.11. The summed E-state index contributed by atoms with van der Waals surface area (Å²) in [5, 5.41) is 2.66. The molecule has 117 valence electrons. The van der Waals surface area contributed by atoms with E-state index in [2.05, 4.69) is 19.2 Å². The third-order valence-electron chi connectivity index (χ3n) is 3.40. The molecule has 1 saturated heterocycles. The molecule has 1 heterocycles. The maximum Gasteiger partial charge on any atom is 0.414 e. The maximum absolute atomic E-state index is 11.9. The molecule has 22 heavy (non-hydrogen) atoms. The van der Waals surface area contributed by atoms with Gasteiger partial charge in [-0.3, -0.25) is 9.69 Å². The maximum atomic E-state index is 11.9. The molecule has 1 aromatic rings. The molecule has 1 aliphatic heterocycles. The summed E-state index contributed by atoms with van der Waals surface area (Å²) in [6.07, 6.45) is 0.895. The first kappa shape index (κ1) is 19.0. The summed E-state index contributed by atoms with van der Waals surface area (Å²) in [5.74, 6) is -0.136. The molecule has 1 atom stereocenters. The van der Waals surface area contributed by atoms with Gasteiger partial charge in [-0.1, -0.05) is 12.1 Å². The van der Waals surface area contributed by atoms with Crippen LogP contribution in [0.1, 0.15) is 24.5 Å². The number of carbonyl (C=O) groups is 2. The van der Waals surface area contributed by atoms with E-state index in [0.29, 0.717) is 13.1 Å². The molecule has 6 heteroatoms. The van der Waals surface area contributed by atoms with Crippen molar-refractivity contribution in [1.82, 2.24) is 5.32 Å². The predicted molar refractivity (Wildman–Crippen MR) is 80.9 cm³/mol. The first-order valence-corrected chi connectivity index (χ1v) is 6.98. The average molecular weight is 377 g/mol. The third-order valence-corrected chi connectivity index (χ3v) is 3.40. The molecular formula is C16H20N2O3Y-2. The Morgan fingerprint density at radius 1 is 1.50 bits per heavy atom. The molecule has 0 aromatic heterocycles. The number of carbonyl (C=O) groups excluding carboxylic acids is 2. The molecule has 1 aliphatic rings. The smallest absolute Gasteiger partial charge is 0.414 e. The van der Waals surface area contributed by atoms with Gasteiger partial charge < -0.3 is 17.0 Å². The van der Waals surface area contributed by atoms with Crippen molar-refractivity contribution in [3.05, 3.63) is 43.2 Å². The largest absolute Gasteiger partial charge is 0.442 e. The van der Waals surface area contributed by atoms with E-state index in [0.717, 1.165) is 29.7 Å². The molecule has 1 aromatic carbocycles. The fourth-order valence-corrected chi connectivity index (χ4v) is 2.30. The Bertz CT molecular complexity index is 548. The number of amides is 2. The van der Waals surface area contributed by atoms with Crippen LogP contribution in [0.4, 0.5) is 10.5 Å². The van der Waals surface area contributed by atoms with Crippen LogP contribution in [0.2, 0.25) is 0 Å². The van der Waals surface area contributed by atoms with Crippen LogP contribution >= 0.6 is 0 Å². The predicted octanol–water partition coefficient (Wildman–Crippen LogP) is 2.09. The van der Waals surface area contributed by atoms with Gasteiger partial charge in [-0.25, -0.2) is 4.79 Å². The van der Waals surface area contributed by atoms with Crippen LogP contribution in [0.3, 0.4) is 0 Å². The van der Waals surface area contributed by atoms with Crippen LogP contribution in [-0.2, 0) is 48.7 Å². The van der Waals surface area contributed by atoms with E-state index in [4.69, 9.17) is 4.74 Å². The summed E-state index contributed by atoms with van der Waals surface area (Å²) in [4.78, 5) is 24.4. The number of aryl methyl sites for hydroxylation is 1. The standard InChI is InChI=1S/C16H20N2O3.Y/c1-4-5-13-8-14(7-6-11(13)2)18-10-15(21-16(18)20)9-17-12(3)19;/h6-8,15H,1-2,4-5,9-10H2,3H3,(H,17,19);/q-2;/t15-;/m0./s1. The van der Waals surface area contributed by atoms with Gasteiger partial charge >= 0.3 is 6.09 Å². The van der Waals surface area contributed by atoms with Crippen LogP contribution in [0.5, 0.6) is 0 Å². The van der Waals surface area contributed by atoms with Crippen LogP contribution < -0.4 is 10.2 Å². The van der Waals surface area contributed by atoms with Gasteiger partial charge in [0.15, 0.2) is 0 Å². The van der Waals surface area contributed by atoms with Gasteiger partial charge in [0.1, 0.15) is 6.10 Å². The minimum Gasteiger partial charge on any atom is -0.442 e. The number of nitrogens with zero attached hydrogens (tertiary/aromatic N) is 1. The number of hydrogen-bond acceptors (Lipinski definition) is 3. The van der Waals surface area contributed by atoms with Crippen molar-refractivity contribution in [2.75, 3.05) is 18.0 Å². The molecule has 0 bridgehead atoms. The monoisotopic (exact) mass is 377 g/mol. The Balaban J connectivity index is 0.00000242. The van der Waals surface area contributed by atoms with Gasteiger partial charge in [-0.2, -0.15) is 25.0 Å². The number of anilines is 1. The SMILES string of the molecule is [CH2-]CCc1cc(N2C[C@H](CNC(C)=O)OC2=O)ccc1[CH2-].[Y]. The van der Waals surface area contributed by atoms with E-state index >= 15 is 0 Å². The van der Waals surface area contributed by atoms with E-state index in [1.807, 2.05) is 18.2 Å². The van der Waals surface area contributed by atoms with E-state index in [1.165, 1.54) is 6.92 Å². The Morgan fingerprint density at radius 3 is 2.86 bits per heavy atom. The van der Waals surface area contributed by atoms with E-state index in [-0.39, 0.29) is 50.8 Å². The Morgan fingerprint density at radius 2 is 2.23 bits per heavy atom. The molecule has 0 saturated carbocycles. The first-order chi connectivity index (χ1) is 10.0. The number of nitrogens with one attached hydrogen (secondary N) is 1. The quantitative estimate of drug-likeness (QED) is 0.800. The summed E-state index contributed by atoms with van der Waals surface area (Å²) in [5.41, 5.74) is 2.83. The van der Waals surface area contributed by atoms with Gasteiger partial charge in [-0.15, -0.1) is 12.0 Å². The molecule has 1 radical (unpaired) electrons. The van der Waals surface area contributed by atoms with Crippen molar-refractivity contribution in [3.63, 3.8) is 0 Å². The molecule has 5 nitrogen and oxygen atoms in total. The van der Waals surface area contributed by atoms with Gasteiger partial charge in [0, 0.05) is 45.3 Å². The van der Waals surface area contributed by atoms with Crippen molar-refractivity contribution in [2.24, 2.45) is 0 Å². The number of benzene rings is 1. The average Bonchev–Trinajstić information content (AvgIpc) is 2.80. The van der Waals surface area contributed by atoms with E-state index < -0.39 is 0 Å². The van der Waals surface area contributed by atoms with Gasteiger partial charge in [0.25, 0.3) is 0 Å². The number of ether oxygens (including phenoxy) is 1. The molecule has 0 aliphatic carbocycles. The van der Waals surface area contributed by atoms with Gasteiger partial charge in [0.05, 0.1) is 13.1 Å². The zero-order valence-electron chi connectivity index (χ0n) is 12.8. The van der Waals surface area contributed by atoms with Gasteiger partial charge in [0.2, 0.25) is 5.91 Å². The Hall–Kier alpha value is -1.07. The van der Waals surface area contributed by atoms with Gasteiger partial charge in [-0.05, 0) is 0 Å². The van der Waals surface area contributed by atoms with Crippen molar-refractivity contribution >= 4 is 17.7 Å². The molecule has 0 unspecified atom stereocenters. The topological polar surface area (TPSA) is 58.6 Å². The van der Waals surface area contributed by atoms with Crippen molar-refractivity contribution in [1.29, 1.82) is 0 Å². The Kier molecular flexibility index (Phi) is 7.36. The minimum atomic E-state index is -0.386.